The molecule has 20 heavy (non-hydrogen) atoms. The summed E-state index contributed by atoms with van der Waals surface area (Å²) in [7, 11) is 0. The fourth-order valence-corrected chi connectivity index (χ4v) is 2.54. The molecule has 4 nitrogen and oxygen atoms in total. The van der Waals surface area contributed by atoms with Gasteiger partial charge < -0.3 is 15.8 Å². The zero-order chi connectivity index (χ0) is 14.3. The molecule has 102 valence electrons. The number of carbonyl (C=O) groups excluding carboxylic acids is 1. The third-order valence-corrected chi connectivity index (χ3v) is 3.85. The average molecular weight is 333 g/mol. The van der Waals surface area contributed by atoms with Crippen molar-refractivity contribution in [2.24, 2.45) is 5.73 Å². The molecule has 3 N–H and O–H groups in total. The van der Waals surface area contributed by atoms with Crippen LogP contribution in [0.4, 0.5) is 5.69 Å². The minimum atomic E-state index is -0.616. The van der Waals surface area contributed by atoms with Crippen LogP contribution < -0.4 is 15.8 Å². The summed E-state index contributed by atoms with van der Waals surface area (Å²) in [5.41, 5.74) is 8.45. The molecular formula is C15H13BrN2O2. The Balaban J connectivity index is 1.94. The van der Waals surface area contributed by atoms with Crippen LogP contribution in [0.1, 0.15) is 17.2 Å². The molecule has 1 atom stereocenters. The van der Waals surface area contributed by atoms with Crippen molar-refractivity contribution in [3.8, 4) is 11.5 Å². The monoisotopic (exact) mass is 332 g/mol. The minimum Gasteiger partial charge on any atom is -0.456 e. The maximum atomic E-state index is 11.6. The molecule has 1 amide bonds. The van der Waals surface area contributed by atoms with E-state index in [0.717, 1.165) is 15.8 Å². The van der Waals surface area contributed by atoms with E-state index < -0.39 is 6.04 Å². The van der Waals surface area contributed by atoms with E-state index in [1.54, 1.807) is 6.07 Å². The molecule has 3 rings (SSSR count). The van der Waals surface area contributed by atoms with Crippen LogP contribution in [0.25, 0.3) is 0 Å². The fraction of sp³-hybridized carbons (Fsp3) is 0.133. The second kappa shape index (κ2) is 4.92. The largest absolute Gasteiger partial charge is 0.456 e. The first-order valence-corrected chi connectivity index (χ1v) is 6.98. The lowest BCUT2D eigenvalue weighted by Crippen LogP contribution is -2.19. The standard InChI is InChI=1S/C15H13BrN2O2/c1-8-2-4-9(5-3-8)20-13-7-12-10(6-11(13)16)14(17)15(19)18-12/h2-7,14H,17H2,1H3,(H,18,19). The first-order valence-electron chi connectivity index (χ1n) is 6.19. The third kappa shape index (κ3) is 2.30. The van der Waals surface area contributed by atoms with E-state index >= 15 is 0 Å². The van der Waals surface area contributed by atoms with E-state index in [0.29, 0.717) is 11.4 Å². The number of rotatable bonds is 2. The summed E-state index contributed by atoms with van der Waals surface area (Å²) in [6, 6.07) is 10.8. The lowest BCUT2D eigenvalue weighted by molar-refractivity contribution is -0.116. The predicted octanol–water partition coefficient (Wildman–Crippen LogP) is 3.50. The van der Waals surface area contributed by atoms with E-state index in [9.17, 15) is 4.79 Å². The fourth-order valence-electron chi connectivity index (χ4n) is 2.10. The highest BCUT2D eigenvalue weighted by molar-refractivity contribution is 9.10. The molecule has 0 bridgehead atoms. The number of amides is 1. The van der Waals surface area contributed by atoms with Gasteiger partial charge in [-0.3, -0.25) is 4.79 Å². The number of nitrogens with two attached hydrogens (primary N) is 1. The first kappa shape index (κ1) is 13.1. The van der Waals surface area contributed by atoms with Crippen molar-refractivity contribution >= 4 is 27.5 Å². The zero-order valence-electron chi connectivity index (χ0n) is 10.8. The lowest BCUT2D eigenvalue weighted by atomic mass is 10.1. The number of anilines is 1. The Hall–Kier alpha value is -1.85. The van der Waals surface area contributed by atoms with Gasteiger partial charge in [-0.05, 0) is 41.1 Å². The number of carbonyl (C=O) groups is 1. The predicted molar refractivity (Wildman–Crippen MR) is 81.0 cm³/mol. The van der Waals surface area contributed by atoms with Gasteiger partial charge in [0.1, 0.15) is 17.5 Å². The molecular weight excluding hydrogens is 320 g/mol. The van der Waals surface area contributed by atoms with Gasteiger partial charge in [-0.15, -0.1) is 0 Å². The normalized spacial score (nSPS) is 16.8. The second-order valence-corrected chi connectivity index (χ2v) is 5.61. The van der Waals surface area contributed by atoms with Gasteiger partial charge in [-0.25, -0.2) is 0 Å². The molecule has 1 unspecified atom stereocenters. The van der Waals surface area contributed by atoms with Gasteiger partial charge in [0.2, 0.25) is 5.91 Å². The number of fused-ring (bicyclic) bond motifs is 1. The quantitative estimate of drug-likeness (QED) is 0.884. The number of halogens is 1. The van der Waals surface area contributed by atoms with Gasteiger partial charge in [-0.2, -0.15) is 0 Å². The molecule has 2 aromatic carbocycles. The van der Waals surface area contributed by atoms with Crippen LogP contribution in [0.15, 0.2) is 40.9 Å². The van der Waals surface area contributed by atoms with Crippen molar-refractivity contribution in [1.29, 1.82) is 0 Å². The van der Waals surface area contributed by atoms with Crippen molar-refractivity contribution in [2.75, 3.05) is 5.32 Å². The van der Waals surface area contributed by atoms with Gasteiger partial charge in [0, 0.05) is 17.3 Å². The molecule has 0 radical (unpaired) electrons. The van der Waals surface area contributed by atoms with Crippen LogP contribution >= 0.6 is 15.9 Å². The Bertz CT molecular complexity index is 683. The molecule has 0 saturated carbocycles. The summed E-state index contributed by atoms with van der Waals surface area (Å²) in [4.78, 5) is 11.6. The Morgan fingerprint density at radius 3 is 2.65 bits per heavy atom. The average Bonchev–Trinajstić information content (AvgIpc) is 2.69. The Labute approximate surface area is 125 Å². The maximum absolute atomic E-state index is 11.6. The van der Waals surface area contributed by atoms with Gasteiger partial charge in [-0.1, -0.05) is 17.7 Å². The Morgan fingerprint density at radius 1 is 1.25 bits per heavy atom. The zero-order valence-corrected chi connectivity index (χ0v) is 12.4. The van der Waals surface area contributed by atoms with Gasteiger partial charge in [0.25, 0.3) is 0 Å². The van der Waals surface area contributed by atoms with Crippen LogP contribution in [0.5, 0.6) is 11.5 Å². The van der Waals surface area contributed by atoms with E-state index in [1.165, 1.54) is 5.56 Å². The summed E-state index contributed by atoms with van der Waals surface area (Å²) in [6.45, 7) is 2.02. The number of ether oxygens (including phenoxy) is 1. The van der Waals surface area contributed by atoms with Crippen molar-refractivity contribution < 1.29 is 9.53 Å². The van der Waals surface area contributed by atoms with Crippen molar-refractivity contribution in [1.82, 2.24) is 0 Å². The summed E-state index contributed by atoms with van der Waals surface area (Å²) in [5.74, 6) is 1.19. The van der Waals surface area contributed by atoms with Crippen molar-refractivity contribution in [2.45, 2.75) is 13.0 Å². The van der Waals surface area contributed by atoms with E-state index in [1.807, 2.05) is 37.3 Å². The molecule has 1 heterocycles. The van der Waals surface area contributed by atoms with Crippen LogP contribution in [-0.2, 0) is 4.79 Å². The lowest BCUT2D eigenvalue weighted by Gasteiger charge is -2.10. The smallest absolute Gasteiger partial charge is 0.245 e. The number of aryl methyl sites for hydroxylation is 1. The van der Waals surface area contributed by atoms with Crippen molar-refractivity contribution in [3.05, 3.63) is 52.0 Å². The molecule has 1 aliphatic rings. The summed E-state index contributed by atoms with van der Waals surface area (Å²) in [5, 5.41) is 2.74. The molecule has 0 fully saturated rings. The highest BCUT2D eigenvalue weighted by atomic mass is 79.9. The topological polar surface area (TPSA) is 64.3 Å². The van der Waals surface area contributed by atoms with Crippen molar-refractivity contribution in [3.63, 3.8) is 0 Å². The molecule has 0 aliphatic carbocycles. The minimum absolute atomic E-state index is 0.195. The van der Waals surface area contributed by atoms with E-state index in [2.05, 4.69) is 21.2 Å². The number of benzene rings is 2. The highest BCUT2D eigenvalue weighted by Gasteiger charge is 2.28. The van der Waals surface area contributed by atoms with Crippen LogP contribution in [-0.4, -0.2) is 5.91 Å². The molecule has 0 saturated heterocycles. The Kier molecular flexibility index (Phi) is 3.23. The van der Waals surface area contributed by atoms with Crippen LogP contribution in [0.3, 0.4) is 0 Å². The number of nitrogens with one attached hydrogen (secondary N) is 1. The number of hydrogen-bond acceptors (Lipinski definition) is 3. The number of hydrogen-bond donors (Lipinski definition) is 2. The van der Waals surface area contributed by atoms with E-state index in [4.69, 9.17) is 10.5 Å². The van der Waals surface area contributed by atoms with Crippen LogP contribution in [0.2, 0.25) is 0 Å². The molecule has 5 heteroatoms. The summed E-state index contributed by atoms with van der Waals surface area (Å²) >= 11 is 3.45. The molecule has 0 spiro atoms. The SMILES string of the molecule is Cc1ccc(Oc2cc3c(cc2Br)C(N)C(=O)N3)cc1. The van der Waals surface area contributed by atoms with Crippen LogP contribution in [0, 0.1) is 6.92 Å². The highest BCUT2D eigenvalue weighted by Crippen LogP contribution is 2.39. The summed E-state index contributed by atoms with van der Waals surface area (Å²) in [6.07, 6.45) is 0. The first-order chi connectivity index (χ1) is 9.54. The molecule has 1 aliphatic heterocycles. The van der Waals surface area contributed by atoms with E-state index in [-0.39, 0.29) is 5.91 Å². The maximum Gasteiger partial charge on any atom is 0.245 e. The van der Waals surface area contributed by atoms with Gasteiger partial charge >= 0.3 is 0 Å². The molecule has 0 aromatic heterocycles. The second-order valence-electron chi connectivity index (χ2n) is 4.75. The third-order valence-electron chi connectivity index (χ3n) is 3.23. The summed E-state index contributed by atoms with van der Waals surface area (Å²) < 4.78 is 6.59. The Morgan fingerprint density at radius 2 is 1.95 bits per heavy atom. The molecule has 2 aromatic rings. The van der Waals surface area contributed by atoms with Gasteiger partial charge in [0.05, 0.1) is 4.47 Å². The van der Waals surface area contributed by atoms with Gasteiger partial charge in [0.15, 0.2) is 0 Å².